The van der Waals surface area contributed by atoms with Crippen molar-refractivity contribution in [1.29, 1.82) is 0 Å². The largest absolute Gasteiger partial charge is 0.369 e. The maximum atomic E-state index is 12.3. The standard InChI is InChI=1S/C24H27N5O3/c25-24(32)18-3-1-13-28(16-18)21-11-8-19(15-26-21)27-22(30)12-7-17-5-9-20(10-6-17)29-14-2-4-23(29)31/h5-12,15,18H,1-4,13-14,16H2,(H2,25,32)(H,27,30)/b12-7+. The first-order valence-electron chi connectivity index (χ1n) is 10.9. The third-order valence-corrected chi connectivity index (χ3v) is 5.87. The van der Waals surface area contributed by atoms with Gasteiger partial charge in [-0.25, -0.2) is 4.98 Å². The second-order valence-corrected chi connectivity index (χ2v) is 8.16. The lowest BCUT2D eigenvalue weighted by molar-refractivity contribution is -0.122. The highest BCUT2D eigenvalue weighted by atomic mass is 16.2. The van der Waals surface area contributed by atoms with Gasteiger partial charge in [0.25, 0.3) is 0 Å². The van der Waals surface area contributed by atoms with Crippen LogP contribution in [0.25, 0.3) is 6.08 Å². The van der Waals surface area contributed by atoms with Crippen LogP contribution >= 0.6 is 0 Å². The van der Waals surface area contributed by atoms with Gasteiger partial charge in [0.2, 0.25) is 17.7 Å². The number of benzene rings is 1. The number of piperidine rings is 1. The third-order valence-electron chi connectivity index (χ3n) is 5.87. The van der Waals surface area contributed by atoms with E-state index in [4.69, 9.17) is 5.73 Å². The molecule has 1 aromatic carbocycles. The lowest BCUT2D eigenvalue weighted by Crippen LogP contribution is -2.41. The van der Waals surface area contributed by atoms with Crippen molar-refractivity contribution in [1.82, 2.24) is 4.98 Å². The minimum Gasteiger partial charge on any atom is -0.369 e. The van der Waals surface area contributed by atoms with E-state index in [1.165, 1.54) is 6.08 Å². The van der Waals surface area contributed by atoms with Crippen molar-refractivity contribution >= 4 is 41.0 Å². The predicted octanol–water partition coefficient (Wildman–Crippen LogP) is 2.56. The Bertz CT molecular complexity index is 1020. The summed E-state index contributed by atoms with van der Waals surface area (Å²) < 4.78 is 0. The van der Waals surface area contributed by atoms with Crippen LogP contribution in [0.5, 0.6) is 0 Å². The SMILES string of the molecule is NC(=O)C1CCCN(c2ccc(NC(=O)/C=C/c3ccc(N4CCCC4=O)cc3)cn2)C1. The molecule has 0 bridgehead atoms. The number of nitrogens with one attached hydrogen (secondary N) is 1. The van der Waals surface area contributed by atoms with Crippen LogP contribution in [0.1, 0.15) is 31.2 Å². The zero-order valence-electron chi connectivity index (χ0n) is 17.9. The molecular formula is C24H27N5O3. The van der Waals surface area contributed by atoms with Gasteiger partial charge >= 0.3 is 0 Å². The van der Waals surface area contributed by atoms with E-state index in [-0.39, 0.29) is 23.6 Å². The average molecular weight is 434 g/mol. The molecule has 2 saturated heterocycles. The Labute approximate surface area is 187 Å². The van der Waals surface area contributed by atoms with E-state index < -0.39 is 0 Å². The van der Waals surface area contributed by atoms with E-state index in [1.807, 2.05) is 35.2 Å². The van der Waals surface area contributed by atoms with Crippen molar-refractivity contribution in [3.05, 3.63) is 54.2 Å². The molecule has 2 fully saturated rings. The van der Waals surface area contributed by atoms with Crippen LogP contribution in [0.15, 0.2) is 48.7 Å². The zero-order valence-corrected chi connectivity index (χ0v) is 17.9. The van der Waals surface area contributed by atoms with Gasteiger partial charge in [-0.05, 0) is 55.2 Å². The Morgan fingerprint density at radius 2 is 1.91 bits per heavy atom. The van der Waals surface area contributed by atoms with Crippen LogP contribution in [-0.2, 0) is 14.4 Å². The summed E-state index contributed by atoms with van der Waals surface area (Å²) in [5.41, 5.74) is 7.79. The molecule has 0 radical (unpaired) electrons. The van der Waals surface area contributed by atoms with Gasteiger partial charge in [-0.1, -0.05) is 12.1 Å². The van der Waals surface area contributed by atoms with Gasteiger partial charge < -0.3 is 20.9 Å². The quantitative estimate of drug-likeness (QED) is 0.681. The zero-order chi connectivity index (χ0) is 22.5. The highest BCUT2D eigenvalue weighted by Crippen LogP contribution is 2.23. The number of rotatable bonds is 6. The maximum Gasteiger partial charge on any atom is 0.248 e. The molecule has 166 valence electrons. The van der Waals surface area contributed by atoms with E-state index in [1.54, 1.807) is 23.2 Å². The minimum absolute atomic E-state index is 0.153. The summed E-state index contributed by atoms with van der Waals surface area (Å²) in [7, 11) is 0. The Balaban J connectivity index is 1.31. The van der Waals surface area contributed by atoms with Gasteiger partial charge in [-0.15, -0.1) is 0 Å². The van der Waals surface area contributed by atoms with Crippen molar-refractivity contribution in [2.45, 2.75) is 25.7 Å². The Morgan fingerprint density at radius 3 is 2.56 bits per heavy atom. The number of pyridine rings is 1. The van der Waals surface area contributed by atoms with Crippen molar-refractivity contribution in [3.63, 3.8) is 0 Å². The fourth-order valence-electron chi connectivity index (χ4n) is 4.11. The van der Waals surface area contributed by atoms with Gasteiger partial charge in [0, 0.05) is 37.8 Å². The van der Waals surface area contributed by atoms with E-state index >= 15 is 0 Å². The van der Waals surface area contributed by atoms with E-state index in [2.05, 4.69) is 10.3 Å². The topological polar surface area (TPSA) is 109 Å². The van der Waals surface area contributed by atoms with Gasteiger partial charge in [-0.2, -0.15) is 0 Å². The number of carbonyl (C=O) groups is 3. The molecule has 0 aliphatic carbocycles. The minimum atomic E-state index is -0.274. The number of primary amides is 1. The normalized spacial score (nSPS) is 18.9. The summed E-state index contributed by atoms with van der Waals surface area (Å²) in [5.74, 6) is 0.232. The molecule has 1 aromatic heterocycles. The van der Waals surface area contributed by atoms with Crippen LogP contribution in [-0.4, -0.2) is 42.3 Å². The number of hydrogen-bond donors (Lipinski definition) is 2. The van der Waals surface area contributed by atoms with Gasteiger partial charge in [0.1, 0.15) is 5.82 Å². The molecule has 3 heterocycles. The van der Waals surface area contributed by atoms with Gasteiger partial charge in [0.05, 0.1) is 17.8 Å². The van der Waals surface area contributed by atoms with Gasteiger partial charge in [0.15, 0.2) is 0 Å². The summed E-state index contributed by atoms with van der Waals surface area (Å²) in [6.07, 6.45) is 8.00. The van der Waals surface area contributed by atoms with Crippen LogP contribution in [0.3, 0.4) is 0 Å². The average Bonchev–Trinajstić information content (AvgIpc) is 3.24. The van der Waals surface area contributed by atoms with Crippen LogP contribution < -0.4 is 20.9 Å². The molecule has 2 aromatic rings. The molecule has 1 unspecified atom stereocenters. The van der Waals surface area contributed by atoms with Crippen molar-refractivity contribution in [2.24, 2.45) is 11.7 Å². The molecular weight excluding hydrogens is 406 g/mol. The highest BCUT2D eigenvalue weighted by Gasteiger charge is 2.24. The first kappa shape index (κ1) is 21.5. The Kier molecular flexibility index (Phi) is 6.49. The first-order chi connectivity index (χ1) is 15.5. The second kappa shape index (κ2) is 9.64. The summed E-state index contributed by atoms with van der Waals surface area (Å²) in [5, 5.41) is 2.80. The second-order valence-electron chi connectivity index (χ2n) is 8.16. The molecule has 0 saturated carbocycles. The molecule has 3 N–H and O–H groups in total. The van der Waals surface area contributed by atoms with E-state index in [0.29, 0.717) is 18.7 Å². The summed E-state index contributed by atoms with van der Waals surface area (Å²) in [4.78, 5) is 43.8. The lowest BCUT2D eigenvalue weighted by Gasteiger charge is -2.32. The smallest absolute Gasteiger partial charge is 0.248 e. The van der Waals surface area contributed by atoms with Crippen molar-refractivity contribution < 1.29 is 14.4 Å². The predicted molar refractivity (Wildman–Crippen MR) is 124 cm³/mol. The van der Waals surface area contributed by atoms with Crippen LogP contribution in [0, 0.1) is 5.92 Å². The third kappa shape index (κ3) is 5.14. The van der Waals surface area contributed by atoms with Gasteiger partial charge in [-0.3, -0.25) is 14.4 Å². The monoisotopic (exact) mass is 433 g/mol. The number of nitrogens with zero attached hydrogens (tertiary/aromatic N) is 3. The van der Waals surface area contributed by atoms with Crippen molar-refractivity contribution in [2.75, 3.05) is 34.8 Å². The molecule has 0 spiro atoms. The highest BCUT2D eigenvalue weighted by molar-refractivity contribution is 6.02. The summed E-state index contributed by atoms with van der Waals surface area (Å²) in [6.45, 7) is 2.16. The number of nitrogens with two attached hydrogens (primary N) is 1. The molecule has 8 heteroatoms. The summed E-state index contributed by atoms with van der Waals surface area (Å²) in [6, 6.07) is 11.2. The lowest BCUT2D eigenvalue weighted by atomic mass is 9.97. The number of hydrogen-bond acceptors (Lipinski definition) is 5. The molecule has 3 amide bonds. The maximum absolute atomic E-state index is 12.3. The summed E-state index contributed by atoms with van der Waals surface area (Å²) >= 11 is 0. The molecule has 1 atom stereocenters. The molecule has 2 aliphatic heterocycles. The molecule has 2 aliphatic rings. The first-order valence-corrected chi connectivity index (χ1v) is 10.9. The van der Waals surface area contributed by atoms with Crippen LogP contribution in [0.4, 0.5) is 17.2 Å². The Morgan fingerprint density at radius 1 is 1.09 bits per heavy atom. The molecule has 32 heavy (non-hydrogen) atoms. The molecule has 4 rings (SSSR count). The number of anilines is 3. The molecule has 8 nitrogen and oxygen atoms in total. The van der Waals surface area contributed by atoms with E-state index in [0.717, 1.165) is 49.4 Å². The van der Waals surface area contributed by atoms with Crippen LogP contribution in [0.2, 0.25) is 0 Å². The number of aromatic nitrogens is 1. The number of carbonyl (C=O) groups excluding carboxylic acids is 3. The van der Waals surface area contributed by atoms with E-state index in [9.17, 15) is 14.4 Å². The fraction of sp³-hybridized carbons (Fsp3) is 0.333. The van der Waals surface area contributed by atoms with Crippen molar-refractivity contribution in [3.8, 4) is 0 Å². The Hall–Kier alpha value is -3.68. The fourth-order valence-corrected chi connectivity index (χ4v) is 4.11. The number of amides is 3.